The van der Waals surface area contributed by atoms with Gasteiger partial charge in [0.2, 0.25) is 5.91 Å². The Morgan fingerprint density at radius 3 is 3.00 bits per heavy atom. The van der Waals surface area contributed by atoms with Crippen molar-refractivity contribution in [1.82, 2.24) is 9.88 Å². The topological polar surface area (TPSA) is 59.2 Å². The van der Waals surface area contributed by atoms with Crippen molar-refractivity contribution in [3.8, 4) is 9.88 Å². The highest BCUT2D eigenvalue weighted by Crippen LogP contribution is 2.33. The highest BCUT2D eigenvalue weighted by Gasteiger charge is 2.34. The molecule has 2 aromatic rings. The van der Waals surface area contributed by atoms with Crippen LogP contribution in [-0.2, 0) is 11.2 Å². The Hall–Kier alpha value is -0.950. The molecular formula is C15H18ClN3OS2. The highest BCUT2D eigenvalue weighted by atomic mass is 35.5. The summed E-state index contributed by atoms with van der Waals surface area (Å²) < 4.78 is 0.751. The fourth-order valence-electron chi connectivity index (χ4n) is 2.60. The van der Waals surface area contributed by atoms with Gasteiger partial charge in [0.15, 0.2) is 0 Å². The van der Waals surface area contributed by atoms with Crippen LogP contribution in [0.3, 0.4) is 0 Å². The van der Waals surface area contributed by atoms with E-state index < -0.39 is 0 Å². The minimum Gasteiger partial charge on any atom is -0.342 e. The Morgan fingerprint density at radius 2 is 2.36 bits per heavy atom. The van der Waals surface area contributed by atoms with Gasteiger partial charge in [-0.05, 0) is 30.5 Å². The highest BCUT2D eigenvalue weighted by molar-refractivity contribution is 7.23. The number of nitrogens with zero attached hydrogens (tertiary/aromatic N) is 2. The third-order valence-corrected chi connectivity index (χ3v) is 6.36. The predicted octanol–water partition coefficient (Wildman–Crippen LogP) is 3.26. The van der Waals surface area contributed by atoms with Gasteiger partial charge in [-0.3, -0.25) is 4.79 Å². The molecule has 4 nitrogen and oxygen atoms in total. The zero-order valence-electron chi connectivity index (χ0n) is 12.3. The third-order valence-electron chi connectivity index (χ3n) is 4.07. The molecule has 1 aliphatic rings. The number of hydrogen-bond donors (Lipinski definition) is 1. The van der Waals surface area contributed by atoms with Crippen LogP contribution in [0.5, 0.6) is 0 Å². The lowest BCUT2D eigenvalue weighted by Gasteiger charge is -2.22. The van der Waals surface area contributed by atoms with Crippen molar-refractivity contribution >= 4 is 40.2 Å². The number of aromatic nitrogens is 1. The molecule has 1 unspecified atom stereocenters. The van der Waals surface area contributed by atoms with E-state index in [1.165, 1.54) is 11.3 Å². The average Bonchev–Trinajstić information content (AvgIpc) is 3.19. The van der Waals surface area contributed by atoms with Crippen LogP contribution in [0.25, 0.3) is 9.88 Å². The quantitative estimate of drug-likeness (QED) is 0.915. The van der Waals surface area contributed by atoms with E-state index in [1.807, 2.05) is 22.4 Å². The second-order valence-corrected chi connectivity index (χ2v) is 8.58. The molecule has 0 saturated carbocycles. The zero-order chi connectivity index (χ0) is 15.7. The van der Waals surface area contributed by atoms with Gasteiger partial charge in [-0.1, -0.05) is 18.5 Å². The molecule has 0 radical (unpaired) electrons. The van der Waals surface area contributed by atoms with E-state index in [-0.39, 0.29) is 11.3 Å². The number of thiazole rings is 1. The van der Waals surface area contributed by atoms with E-state index in [2.05, 4.69) is 11.9 Å². The molecule has 1 atom stereocenters. The monoisotopic (exact) mass is 355 g/mol. The number of hydrogen-bond acceptors (Lipinski definition) is 5. The Kier molecular flexibility index (Phi) is 4.54. The van der Waals surface area contributed by atoms with Gasteiger partial charge in [-0.15, -0.1) is 22.7 Å². The van der Waals surface area contributed by atoms with Gasteiger partial charge < -0.3 is 10.6 Å². The van der Waals surface area contributed by atoms with Gasteiger partial charge in [-0.25, -0.2) is 4.98 Å². The summed E-state index contributed by atoms with van der Waals surface area (Å²) >= 11 is 9.01. The third kappa shape index (κ3) is 3.35. The van der Waals surface area contributed by atoms with Crippen molar-refractivity contribution in [2.75, 3.05) is 19.6 Å². The van der Waals surface area contributed by atoms with Crippen LogP contribution in [0.15, 0.2) is 17.5 Å². The van der Waals surface area contributed by atoms with Crippen LogP contribution in [0.2, 0.25) is 4.34 Å². The van der Waals surface area contributed by atoms with Crippen LogP contribution in [0.1, 0.15) is 19.0 Å². The predicted molar refractivity (Wildman–Crippen MR) is 92.5 cm³/mol. The molecule has 1 amide bonds. The van der Waals surface area contributed by atoms with Crippen molar-refractivity contribution in [1.29, 1.82) is 0 Å². The van der Waals surface area contributed by atoms with Crippen LogP contribution in [-0.4, -0.2) is 35.4 Å². The second kappa shape index (κ2) is 6.28. The van der Waals surface area contributed by atoms with Gasteiger partial charge >= 0.3 is 0 Å². The molecule has 7 heteroatoms. The summed E-state index contributed by atoms with van der Waals surface area (Å²) in [5.41, 5.74) is 6.69. The van der Waals surface area contributed by atoms with Crippen molar-refractivity contribution in [3.05, 3.63) is 27.5 Å². The first-order valence-corrected chi connectivity index (χ1v) is 9.24. The largest absolute Gasteiger partial charge is 0.342 e. The first-order chi connectivity index (χ1) is 10.5. The van der Waals surface area contributed by atoms with Crippen LogP contribution in [0, 0.1) is 5.41 Å². The van der Waals surface area contributed by atoms with Crippen LogP contribution >= 0.6 is 34.3 Å². The molecule has 3 rings (SSSR count). The Morgan fingerprint density at radius 1 is 1.55 bits per heavy atom. The smallest absolute Gasteiger partial charge is 0.228 e. The molecule has 0 aliphatic carbocycles. The van der Waals surface area contributed by atoms with Crippen LogP contribution < -0.4 is 5.73 Å². The van der Waals surface area contributed by atoms with E-state index in [4.69, 9.17) is 17.3 Å². The maximum atomic E-state index is 12.4. The fraction of sp³-hybridized carbons (Fsp3) is 0.467. The van der Waals surface area contributed by atoms with E-state index in [9.17, 15) is 4.79 Å². The lowest BCUT2D eigenvalue weighted by molar-refractivity contribution is -0.129. The van der Waals surface area contributed by atoms with Crippen molar-refractivity contribution < 1.29 is 4.79 Å². The SMILES string of the molecule is CC1(CN)CCN(C(=O)Cc2csc(-c3ccc(Cl)s3)n2)C1. The molecule has 0 spiro atoms. The molecule has 118 valence electrons. The van der Waals surface area contributed by atoms with E-state index in [1.54, 1.807) is 11.3 Å². The van der Waals surface area contributed by atoms with Gasteiger partial charge in [0.05, 0.1) is 21.3 Å². The number of rotatable bonds is 4. The molecule has 1 fully saturated rings. The molecule has 0 bridgehead atoms. The molecule has 1 aliphatic heterocycles. The Bertz CT molecular complexity index is 684. The summed E-state index contributed by atoms with van der Waals surface area (Å²) in [7, 11) is 0. The minimum atomic E-state index is 0.0661. The van der Waals surface area contributed by atoms with Gasteiger partial charge in [-0.2, -0.15) is 0 Å². The van der Waals surface area contributed by atoms with Crippen molar-refractivity contribution in [3.63, 3.8) is 0 Å². The number of carbonyl (C=O) groups is 1. The molecule has 2 N–H and O–H groups in total. The van der Waals surface area contributed by atoms with E-state index in [0.29, 0.717) is 13.0 Å². The molecular weight excluding hydrogens is 338 g/mol. The summed E-state index contributed by atoms with van der Waals surface area (Å²) in [6.07, 6.45) is 1.33. The van der Waals surface area contributed by atoms with Crippen molar-refractivity contribution in [2.45, 2.75) is 19.8 Å². The van der Waals surface area contributed by atoms with Gasteiger partial charge in [0.25, 0.3) is 0 Å². The maximum absolute atomic E-state index is 12.4. The first kappa shape index (κ1) is 15.9. The standard InChI is InChI=1S/C15H18ClN3OS2/c1-15(8-17)4-5-19(9-15)13(20)6-10-7-21-14(18-10)11-2-3-12(16)22-11/h2-3,7H,4-6,8-9,17H2,1H3. The van der Waals surface area contributed by atoms with Crippen LogP contribution in [0.4, 0.5) is 0 Å². The Balaban J connectivity index is 1.64. The summed E-state index contributed by atoms with van der Waals surface area (Å²) in [5.74, 6) is 0.137. The number of halogens is 1. The van der Waals surface area contributed by atoms with Gasteiger partial charge in [0.1, 0.15) is 5.01 Å². The zero-order valence-corrected chi connectivity index (χ0v) is 14.7. The van der Waals surface area contributed by atoms with Gasteiger partial charge in [0, 0.05) is 18.5 Å². The summed E-state index contributed by atoms with van der Waals surface area (Å²) in [6.45, 7) is 4.31. The molecule has 1 saturated heterocycles. The van der Waals surface area contributed by atoms with Crippen molar-refractivity contribution in [2.24, 2.45) is 11.1 Å². The molecule has 3 heterocycles. The summed E-state index contributed by atoms with van der Waals surface area (Å²) in [6, 6.07) is 3.83. The van der Waals surface area contributed by atoms with E-state index in [0.717, 1.165) is 39.4 Å². The normalized spacial score (nSPS) is 21.5. The number of likely N-dealkylation sites (tertiary alicyclic amines) is 1. The summed E-state index contributed by atoms with van der Waals surface area (Å²) in [5, 5.41) is 2.88. The average molecular weight is 356 g/mol. The lowest BCUT2D eigenvalue weighted by atomic mass is 9.90. The lowest BCUT2D eigenvalue weighted by Crippen LogP contribution is -2.35. The first-order valence-electron chi connectivity index (χ1n) is 7.17. The number of nitrogens with two attached hydrogens (primary N) is 1. The number of thiophene rings is 1. The molecule has 22 heavy (non-hydrogen) atoms. The molecule has 2 aromatic heterocycles. The fourth-order valence-corrected chi connectivity index (χ4v) is 4.54. The minimum absolute atomic E-state index is 0.0661. The Labute approximate surface area is 142 Å². The maximum Gasteiger partial charge on any atom is 0.228 e. The number of carbonyl (C=O) groups excluding carboxylic acids is 1. The number of amides is 1. The molecule has 0 aromatic carbocycles. The van der Waals surface area contributed by atoms with E-state index >= 15 is 0 Å². The summed E-state index contributed by atoms with van der Waals surface area (Å²) in [4.78, 5) is 19.9. The second-order valence-electron chi connectivity index (χ2n) is 6.00.